The zero-order valence-corrected chi connectivity index (χ0v) is 15.0. The van der Waals surface area contributed by atoms with E-state index in [-0.39, 0.29) is 11.7 Å². The maximum atomic E-state index is 12.3. The quantitative estimate of drug-likeness (QED) is 0.717. The molecule has 8 heteroatoms. The maximum absolute atomic E-state index is 12.3. The van der Waals surface area contributed by atoms with Crippen molar-refractivity contribution in [3.63, 3.8) is 0 Å². The van der Waals surface area contributed by atoms with Crippen molar-refractivity contribution in [2.75, 3.05) is 44.8 Å². The Kier molecular flexibility index (Phi) is 6.32. The zero-order chi connectivity index (χ0) is 16.9. The Morgan fingerprint density at radius 2 is 1.96 bits per heavy atom. The summed E-state index contributed by atoms with van der Waals surface area (Å²) in [5.41, 5.74) is 0. The second-order valence-electron chi connectivity index (χ2n) is 5.15. The first-order chi connectivity index (χ1) is 11.0. The van der Waals surface area contributed by atoms with Crippen molar-refractivity contribution in [2.45, 2.75) is 11.8 Å². The molecule has 0 radical (unpaired) electrons. The first kappa shape index (κ1) is 18.1. The number of methoxy groups -OCH3 is 1. The smallest absolute Gasteiger partial charge is 0.233 e. The van der Waals surface area contributed by atoms with Gasteiger partial charge in [0.2, 0.25) is 15.9 Å². The van der Waals surface area contributed by atoms with Gasteiger partial charge in [-0.05, 0) is 25.1 Å². The normalized spacial score (nSPS) is 16.3. The van der Waals surface area contributed by atoms with Gasteiger partial charge in [0.25, 0.3) is 0 Å². The third kappa shape index (κ3) is 4.86. The van der Waals surface area contributed by atoms with E-state index in [1.54, 1.807) is 18.9 Å². The lowest BCUT2D eigenvalue weighted by Gasteiger charge is -2.33. The van der Waals surface area contributed by atoms with E-state index < -0.39 is 10.0 Å². The fourth-order valence-electron chi connectivity index (χ4n) is 2.33. The summed E-state index contributed by atoms with van der Waals surface area (Å²) in [5, 5.41) is 0. The lowest BCUT2D eigenvalue weighted by atomic mass is 10.3. The highest BCUT2D eigenvalue weighted by atomic mass is 32.2. The number of carbonyl (C=O) groups is 1. The number of amides is 1. The van der Waals surface area contributed by atoms with Gasteiger partial charge in [-0.3, -0.25) is 4.79 Å². The topological polar surface area (TPSA) is 66.9 Å². The molecule has 1 aliphatic rings. The Bertz CT molecular complexity index is 641. The number of sulfonamides is 1. The number of hydrogen-bond acceptors (Lipinski definition) is 5. The second kappa shape index (κ2) is 8.03. The largest absolute Gasteiger partial charge is 0.497 e. The molecule has 1 fully saturated rings. The summed E-state index contributed by atoms with van der Waals surface area (Å²) in [5.74, 6) is 1.24. The van der Waals surface area contributed by atoms with Crippen molar-refractivity contribution in [2.24, 2.45) is 0 Å². The molecule has 0 saturated carbocycles. The monoisotopic (exact) mass is 358 g/mol. The summed E-state index contributed by atoms with van der Waals surface area (Å²) in [4.78, 5) is 15.0. The number of rotatable bonds is 6. The summed E-state index contributed by atoms with van der Waals surface area (Å²) < 4.78 is 30.2. The Hall–Kier alpha value is -1.25. The molecular weight excluding hydrogens is 336 g/mol. The zero-order valence-electron chi connectivity index (χ0n) is 13.4. The van der Waals surface area contributed by atoms with Crippen LogP contribution >= 0.6 is 11.8 Å². The molecule has 0 atom stereocenters. The van der Waals surface area contributed by atoms with Gasteiger partial charge < -0.3 is 9.64 Å². The van der Waals surface area contributed by atoms with E-state index in [0.717, 1.165) is 10.6 Å². The molecule has 1 aromatic carbocycles. The molecule has 1 amide bonds. The number of ether oxygens (including phenoxy) is 1. The minimum Gasteiger partial charge on any atom is -0.497 e. The molecule has 0 spiro atoms. The van der Waals surface area contributed by atoms with Gasteiger partial charge in [-0.15, -0.1) is 11.8 Å². The number of benzene rings is 1. The van der Waals surface area contributed by atoms with Crippen LogP contribution in [0.25, 0.3) is 0 Å². The van der Waals surface area contributed by atoms with Crippen LogP contribution in [0.15, 0.2) is 29.2 Å². The van der Waals surface area contributed by atoms with Crippen LogP contribution in [0.2, 0.25) is 0 Å². The van der Waals surface area contributed by atoms with Crippen LogP contribution in [-0.4, -0.2) is 68.3 Å². The van der Waals surface area contributed by atoms with E-state index in [2.05, 4.69) is 0 Å². The molecule has 1 saturated heterocycles. The van der Waals surface area contributed by atoms with Gasteiger partial charge in [0.05, 0.1) is 18.6 Å². The van der Waals surface area contributed by atoms with E-state index in [0.29, 0.717) is 31.9 Å². The first-order valence-electron chi connectivity index (χ1n) is 7.48. The lowest BCUT2D eigenvalue weighted by molar-refractivity contribution is -0.129. The van der Waals surface area contributed by atoms with E-state index in [4.69, 9.17) is 4.74 Å². The molecule has 0 bridgehead atoms. The average Bonchev–Trinajstić information content (AvgIpc) is 2.60. The van der Waals surface area contributed by atoms with Gasteiger partial charge in [-0.25, -0.2) is 8.42 Å². The standard InChI is InChI=1S/C15H22N2O4S2/c1-3-23(19,20)17-9-7-16(8-10-17)15(18)12-22-14-6-4-5-13(11-14)21-2/h4-6,11H,3,7-10,12H2,1-2H3. The van der Waals surface area contributed by atoms with Gasteiger partial charge in [-0.2, -0.15) is 4.31 Å². The molecule has 1 aromatic rings. The molecule has 0 unspecified atom stereocenters. The average molecular weight is 358 g/mol. The number of hydrogen-bond donors (Lipinski definition) is 0. The number of nitrogens with zero attached hydrogens (tertiary/aromatic N) is 2. The van der Waals surface area contributed by atoms with Crippen LogP contribution in [0, 0.1) is 0 Å². The van der Waals surface area contributed by atoms with Crippen LogP contribution < -0.4 is 4.74 Å². The van der Waals surface area contributed by atoms with Crippen molar-refractivity contribution in [1.82, 2.24) is 9.21 Å². The lowest BCUT2D eigenvalue weighted by Crippen LogP contribution is -2.51. The second-order valence-corrected chi connectivity index (χ2v) is 8.45. The van der Waals surface area contributed by atoms with Crippen LogP contribution in [0.1, 0.15) is 6.92 Å². The molecule has 1 aliphatic heterocycles. The predicted octanol–water partition coefficient (Wildman–Crippen LogP) is 1.28. The van der Waals surface area contributed by atoms with Crippen molar-refractivity contribution in [3.05, 3.63) is 24.3 Å². The Balaban J connectivity index is 1.83. The molecular formula is C15H22N2O4S2. The summed E-state index contributed by atoms with van der Waals surface area (Å²) in [6.07, 6.45) is 0. The number of carbonyl (C=O) groups excluding carboxylic acids is 1. The first-order valence-corrected chi connectivity index (χ1v) is 10.1. The Labute approximate surface area is 141 Å². The van der Waals surface area contributed by atoms with E-state index >= 15 is 0 Å². The minimum atomic E-state index is -3.16. The highest BCUT2D eigenvalue weighted by molar-refractivity contribution is 8.00. The van der Waals surface area contributed by atoms with Gasteiger partial charge in [0.15, 0.2) is 0 Å². The van der Waals surface area contributed by atoms with Crippen molar-refractivity contribution in [1.29, 1.82) is 0 Å². The molecule has 6 nitrogen and oxygen atoms in total. The number of thioether (sulfide) groups is 1. The minimum absolute atomic E-state index is 0.0337. The predicted molar refractivity (Wildman–Crippen MR) is 91.3 cm³/mol. The number of piperazine rings is 1. The molecule has 1 heterocycles. The fourth-order valence-corrected chi connectivity index (χ4v) is 4.26. The molecule has 0 N–H and O–H groups in total. The molecule has 128 valence electrons. The third-order valence-electron chi connectivity index (χ3n) is 3.75. The van der Waals surface area contributed by atoms with E-state index in [9.17, 15) is 13.2 Å². The molecule has 23 heavy (non-hydrogen) atoms. The van der Waals surface area contributed by atoms with Crippen LogP contribution in [-0.2, 0) is 14.8 Å². The molecule has 2 rings (SSSR count). The summed E-state index contributed by atoms with van der Waals surface area (Å²) in [6, 6.07) is 7.58. The summed E-state index contributed by atoms with van der Waals surface area (Å²) in [7, 11) is -1.55. The van der Waals surface area contributed by atoms with E-state index in [1.165, 1.54) is 16.1 Å². The SMILES string of the molecule is CCS(=O)(=O)N1CCN(C(=O)CSc2cccc(OC)c2)CC1. The molecule has 0 aromatic heterocycles. The van der Waals surface area contributed by atoms with Crippen LogP contribution in [0.5, 0.6) is 5.75 Å². The highest BCUT2D eigenvalue weighted by Gasteiger charge is 2.27. The van der Waals surface area contributed by atoms with Crippen molar-refractivity contribution < 1.29 is 17.9 Å². The van der Waals surface area contributed by atoms with E-state index in [1.807, 2.05) is 24.3 Å². The fraction of sp³-hybridized carbons (Fsp3) is 0.533. The summed E-state index contributed by atoms with van der Waals surface area (Å²) in [6.45, 7) is 3.31. The van der Waals surface area contributed by atoms with Gasteiger partial charge in [0, 0.05) is 31.1 Å². The highest BCUT2D eigenvalue weighted by Crippen LogP contribution is 2.23. The Morgan fingerprint density at radius 1 is 1.26 bits per heavy atom. The molecule has 0 aliphatic carbocycles. The van der Waals surface area contributed by atoms with Gasteiger partial charge in [0.1, 0.15) is 5.75 Å². The van der Waals surface area contributed by atoms with Gasteiger partial charge >= 0.3 is 0 Å². The van der Waals surface area contributed by atoms with Crippen molar-refractivity contribution >= 4 is 27.7 Å². The van der Waals surface area contributed by atoms with Crippen LogP contribution in [0.3, 0.4) is 0 Å². The van der Waals surface area contributed by atoms with Gasteiger partial charge in [-0.1, -0.05) is 6.07 Å². The van der Waals surface area contributed by atoms with Crippen LogP contribution in [0.4, 0.5) is 0 Å². The maximum Gasteiger partial charge on any atom is 0.233 e. The summed E-state index contributed by atoms with van der Waals surface area (Å²) >= 11 is 1.46. The third-order valence-corrected chi connectivity index (χ3v) is 6.61. The van der Waals surface area contributed by atoms with Crippen molar-refractivity contribution in [3.8, 4) is 5.75 Å². The Morgan fingerprint density at radius 3 is 2.57 bits per heavy atom.